The van der Waals surface area contributed by atoms with Crippen molar-refractivity contribution in [3.05, 3.63) is 54.9 Å². The summed E-state index contributed by atoms with van der Waals surface area (Å²) >= 11 is 0. The monoisotopic (exact) mass is 183 g/mol. The first kappa shape index (κ1) is 8.75. The third-order valence-electron chi connectivity index (χ3n) is 2.10. The van der Waals surface area contributed by atoms with Gasteiger partial charge in [0.05, 0.1) is 5.69 Å². The summed E-state index contributed by atoms with van der Waals surface area (Å²) in [6.07, 6.45) is 4.67. The maximum atomic E-state index is 3.96. The molecule has 2 nitrogen and oxygen atoms in total. The second-order valence-corrected chi connectivity index (χ2v) is 3.03. The molecule has 1 radical (unpaired) electrons. The van der Waals surface area contributed by atoms with E-state index in [0.717, 1.165) is 11.4 Å². The Morgan fingerprint density at radius 3 is 2.50 bits per heavy atom. The van der Waals surface area contributed by atoms with Gasteiger partial charge in [0.1, 0.15) is 6.20 Å². The molecule has 1 aromatic heterocycles. The van der Waals surface area contributed by atoms with Crippen LogP contribution in [-0.2, 0) is 0 Å². The Labute approximate surface area is 83.8 Å². The minimum absolute atomic E-state index is 0.971. The molecule has 2 heteroatoms. The topological polar surface area (TPSA) is 16.1 Å². The Morgan fingerprint density at radius 1 is 1.07 bits per heavy atom. The summed E-state index contributed by atoms with van der Waals surface area (Å²) in [5, 5.41) is 0. The molecular formula is C12H11N2. The predicted octanol–water partition coefficient (Wildman–Crippen LogP) is 2.65. The summed E-state index contributed by atoms with van der Waals surface area (Å²) in [5.74, 6) is 0. The van der Waals surface area contributed by atoms with Crippen molar-refractivity contribution in [2.45, 2.75) is 0 Å². The summed E-state index contributed by atoms with van der Waals surface area (Å²) < 4.78 is 0. The zero-order chi connectivity index (χ0) is 9.80. The standard InChI is InChI=1S/C12H11N2/c1-14(11-6-3-2-4-7-11)12-8-5-9-13-10-12/h2-9H,1H3. The lowest BCUT2D eigenvalue weighted by Crippen LogP contribution is -2.09. The van der Waals surface area contributed by atoms with Gasteiger partial charge < -0.3 is 4.90 Å². The van der Waals surface area contributed by atoms with Crippen molar-refractivity contribution < 1.29 is 0 Å². The Morgan fingerprint density at radius 2 is 1.86 bits per heavy atom. The van der Waals surface area contributed by atoms with Crippen LogP contribution in [0.2, 0.25) is 0 Å². The van der Waals surface area contributed by atoms with Crippen LogP contribution in [-0.4, -0.2) is 12.0 Å². The number of anilines is 2. The minimum Gasteiger partial charge on any atom is -0.343 e. The summed E-state index contributed by atoms with van der Waals surface area (Å²) in [5.41, 5.74) is 2.11. The average Bonchev–Trinajstić information content (AvgIpc) is 2.30. The van der Waals surface area contributed by atoms with Gasteiger partial charge in [0.15, 0.2) is 0 Å². The van der Waals surface area contributed by atoms with E-state index in [9.17, 15) is 0 Å². The van der Waals surface area contributed by atoms with E-state index in [0.29, 0.717) is 0 Å². The first-order chi connectivity index (χ1) is 6.88. The van der Waals surface area contributed by atoms with Gasteiger partial charge in [-0.25, -0.2) is 0 Å². The van der Waals surface area contributed by atoms with E-state index in [-0.39, 0.29) is 0 Å². The molecular weight excluding hydrogens is 172 g/mol. The van der Waals surface area contributed by atoms with Crippen LogP contribution in [0.3, 0.4) is 0 Å². The van der Waals surface area contributed by atoms with Gasteiger partial charge in [-0.3, -0.25) is 4.98 Å². The van der Waals surface area contributed by atoms with Gasteiger partial charge in [0.25, 0.3) is 0 Å². The first-order valence-electron chi connectivity index (χ1n) is 4.49. The van der Waals surface area contributed by atoms with Crippen molar-refractivity contribution in [1.82, 2.24) is 4.98 Å². The fraction of sp³-hybridized carbons (Fsp3) is 0.0833. The quantitative estimate of drug-likeness (QED) is 0.711. The molecule has 2 aromatic rings. The molecule has 69 valence electrons. The molecule has 0 aliphatic rings. The normalized spacial score (nSPS) is 9.79. The van der Waals surface area contributed by atoms with E-state index < -0.39 is 0 Å². The van der Waals surface area contributed by atoms with Crippen LogP contribution in [0.15, 0.2) is 48.7 Å². The molecule has 1 heterocycles. The maximum Gasteiger partial charge on any atom is 0.114 e. The van der Waals surface area contributed by atoms with Gasteiger partial charge in [-0.15, -0.1) is 0 Å². The van der Waals surface area contributed by atoms with Crippen molar-refractivity contribution in [1.29, 1.82) is 0 Å². The van der Waals surface area contributed by atoms with Crippen molar-refractivity contribution in [2.75, 3.05) is 11.9 Å². The van der Waals surface area contributed by atoms with E-state index in [2.05, 4.69) is 23.3 Å². The lowest BCUT2D eigenvalue weighted by atomic mass is 10.3. The number of aromatic nitrogens is 1. The van der Waals surface area contributed by atoms with Gasteiger partial charge in [-0.1, -0.05) is 18.2 Å². The van der Waals surface area contributed by atoms with Crippen LogP contribution in [0.4, 0.5) is 11.4 Å². The third-order valence-corrected chi connectivity index (χ3v) is 2.10. The molecule has 0 aliphatic carbocycles. The fourth-order valence-corrected chi connectivity index (χ4v) is 1.30. The molecule has 0 saturated carbocycles. The maximum absolute atomic E-state index is 3.96. The Bertz CT molecular complexity index is 344. The SMILES string of the molecule is CN(c1[c]nccc1)c1ccccc1. The van der Waals surface area contributed by atoms with E-state index in [1.165, 1.54) is 0 Å². The summed E-state index contributed by atoms with van der Waals surface area (Å²) in [6, 6.07) is 14.0. The highest BCUT2D eigenvalue weighted by Gasteiger charge is 2.01. The van der Waals surface area contributed by atoms with Crippen LogP contribution in [0, 0.1) is 6.20 Å². The van der Waals surface area contributed by atoms with E-state index in [1.807, 2.05) is 42.3 Å². The molecule has 14 heavy (non-hydrogen) atoms. The highest BCUT2D eigenvalue weighted by atomic mass is 15.1. The Kier molecular flexibility index (Phi) is 2.45. The summed E-state index contributed by atoms with van der Waals surface area (Å²) in [7, 11) is 2.00. The molecule has 0 fully saturated rings. The number of rotatable bonds is 2. The van der Waals surface area contributed by atoms with Crippen LogP contribution in [0.25, 0.3) is 0 Å². The van der Waals surface area contributed by atoms with Gasteiger partial charge in [0.2, 0.25) is 0 Å². The number of hydrogen-bond acceptors (Lipinski definition) is 2. The lowest BCUT2D eigenvalue weighted by Gasteiger charge is -2.17. The van der Waals surface area contributed by atoms with Gasteiger partial charge in [-0.05, 0) is 24.3 Å². The van der Waals surface area contributed by atoms with Crippen LogP contribution in [0.1, 0.15) is 0 Å². The van der Waals surface area contributed by atoms with E-state index >= 15 is 0 Å². The molecule has 0 unspecified atom stereocenters. The summed E-state index contributed by atoms with van der Waals surface area (Å²) in [6.45, 7) is 0. The Balaban J connectivity index is 2.30. The number of hydrogen-bond donors (Lipinski definition) is 0. The van der Waals surface area contributed by atoms with Crippen LogP contribution < -0.4 is 4.90 Å². The Hall–Kier alpha value is -1.83. The van der Waals surface area contributed by atoms with E-state index in [1.54, 1.807) is 6.20 Å². The molecule has 1 aromatic carbocycles. The van der Waals surface area contributed by atoms with Crippen LogP contribution >= 0.6 is 0 Å². The second-order valence-electron chi connectivity index (χ2n) is 3.03. The molecule has 0 amide bonds. The summed E-state index contributed by atoms with van der Waals surface area (Å²) in [4.78, 5) is 6.01. The van der Waals surface area contributed by atoms with Gasteiger partial charge in [0, 0.05) is 18.9 Å². The number of benzene rings is 1. The molecule has 0 saturated heterocycles. The highest BCUT2D eigenvalue weighted by molar-refractivity contribution is 5.60. The zero-order valence-electron chi connectivity index (χ0n) is 8.01. The highest BCUT2D eigenvalue weighted by Crippen LogP contribution is 2.20. The predicted molar refractivity (Wildman–Crippen MR) is 57.6 cm³/mol. The van der Waals surface area contributed by atoms with Crippen molar-refractivity contribution >= 4 is 11.4 Å². The van der Waals surface area contributed by atoms with Crippen molar-refractivity contribution in [3.63, 3.8) is 0 Å². The smallest absolute Gasteiger partial charge is 0.114 e. The second kappa shape index (κ2) is 3.92. The first-order valence-corrected chi connectivity index (χ1v) is 4.49. The fourth-order valence-electron chi connectivity index (χ4n) is 1.30. The van der Waals surface area contributed by atoms with Gasteiger partial charge >= 0.3 is 0 Å². The van der Waals surface area contributed by atoms with E-state index in [4.69, 9.17) is 0 Å². The van der Waals surface area contributed by atoms with Crippen molar-refractivity contribution in [3.8, 4) is 0 Å². The van der Waals surface area contributed by atoms with Gasteiger partial charge in [-0.2, -0.15) is 0 Å². The van der Waals surface area contributed by atoms with Crippen molar-refractivity contribution in [2.24, 2.45) is 0 Å². The molecule has 0 N–H and O–H groups in total. The van der Waals surface area contributed by atoms with Crippen LogP contribution in [0.5, 0.6) is 0 Å². The number of para-hydroxylation sites is 1. The molecule has 0 bridgehead atoms. The molecule has 0 atom stereocenters. The molecule has 0 aliphatic heterocycles. The third kappa shape index (κ3) is 1.74. The number of nitrogens with zero attached hydrogens (tertiary/aromatic N) is 2. The largest absolute Gasteiger partial charge is 0.343 e. The molecule has 0 spiro atoms. The number of pyridine rings is 1. The minimum atomic E-state index is 0.971. The lowest BCUT2D eigenvalue weighted by molar-refractivity contribution is 1.17. The average molecular weight is 183 g/mol. The molecule has 2 rings (SSSR count). The zero-order valence-corrected chi connectivity index (χ0v) is 8.01.